The van der Waals surface area contributed by atoms with Gasteiger partial charge in [0, 0.05) is 0 Å². The Balaban J connectivity index is 2.28. The van der Waals surface area contributed by atoms with Crippen molar-refractivity contribution in [3.63, 3.8) is 0 Å². The standard InChI is InChI=1S/C11H10FN3O2/c1-7-10(11(16)17)13-14-15(7)6-8-3-2-4-9(12)5-8/h2-5H,6H2,1H3,(H,16,17). The summed E-state index contributed by atoms with van der Waals surface area (Å²) in [6.07, 6.45) is 0. The van der Waals surface area contributed by atoms with E-state index in [4.69, 9.17) is 5.11 Å². The van der Waals surface area contributed by atoms with Crippen LogP contribution in [-0.4, -0.2) is 26.1 Å². The first-order valence-electron chi connectivity index (χ1n) is 4.96. The summed E-state index contributed by atoms with van der Waals surface area (Å²) in [5.41, 5.74) is 1.07. The minimum absolute atomic E-state index is 0.0820. The predicted octanol–water partition coefficient (Wildman–Crippen LogP) is 1.47. The monoisotopic (exact) mass is 235 g/mol. The van der Waals surface area contributed by atoms with Crippen LogP contribution in [0.4, 0.5) is 4.39 Å². The van der Waals surface area contributed by atoms with E-state index in [2.05, 4.69) is 10.3 Å². The summed E-state index contributed by atoms with van der Waals surface area (Å²) in [5.74, 6) is -1.45. The molecule has 2 rings (SSSR count). The van der Waals surface area contributed by atoms with Crippen LogP contribution in [0.3, 0.4) is 0 Å². The van der Waals surface area contributed by atoms with Crippen molar-refractivity contribution in [2.75, 3.05) is 0 Å². The van der Waals surface area contributed by atoms with E-state index in [1.165, 1.54) is 16.8 Å². The zero-order valence-corrected chi connectivity index (χ0v) is 9.09. The first-order valence-corrected chi connectivity index (χ1v) is 4.96. The fourth-order valence-electron chi connectivity index (χ4n) is 1.52. The number of aromatic carboxylic acids is 1. The van der Waals surface area contributed by atoms with Gasteiger partial charge in [0.2, 0.25) is 0 Å². The lowest BCUT2D eigenvalue weighted by molar-refractivity contribution is 0.0689. The van der Waals surface area contributed by atoms with E-state index in [0.717, 1.165) is 0 Å². The number of aromatic nitrogens is 3. The highest BCUT2D eigenvalue weighted by Crippen LogP contribution is 2.09. The van der Waals surface area contributed by atoms with Gasteiger partial charge in [-0.1, -0.05) is 17.3 Å². The van der Waals surface area contributed by atoms with Crippen LogP contribution in [0.15, 0.2) is 24.3 Å². The molecule has 0 radical (unpaired) electrons. The number of nitrogens with zero attached hydrogens (tertiary/aromatic N) is 3. The summed E-state index contributed by atoms with van der Waals surface area (Å²) in [6, 6.07) is 6.06. The Labute approximate surface area is 96.5 Å². The lowest BCUT2D eigenvalue weighted by Gasteiger charge is -2.03. The fraction of sp³-hybridized carbons (Fsp3) is 0.182. The van der Waals surface area contributed by atoms with Gasteiger partial charge in [0.05, 0.1) is 12.2 Å². The van der Waals surface area contributed by atoms with E-state index >= 15 is 0 Å². The average molecular weight is 235 g/mol. The van der Waals surface area contributed by atoms with E-state index in [9.17, 15) is 9.18 Å². The van der Waals surface area contributed by atoms with Gasteiger partial charge in [0.1, 0.15) is 5.82 Å². The summed E-state index contributed by atoms with van der Waals surface area (Å²) >= 11 is 0. The van der Waals surface area contributed by atoms with Crippen LogP contribution in [-0.2, 0) is 6.54 Å². The maximum Gasteiger partial charge on any atom is 0.358 e. The van der Waals surface area contributed by atoms with Gasteiger partial charge in [-0.05, 0) is 24.6 Å². The van der Waals surface area contributed by atoms with Crippen LogP contribution >= 0.6 is 0 Å². The number of carbonyl (C=O) groups is 1. The smallest absolute Gasteiger partial charge is 0.358 e. The maximum atomic E-state index is 13.0. The molecule has 0 aliphatic rings. The van der Waals surface area contributed by atoms with Gasteiger partial charge in [0.15, 0.2) is 5.69 Å². The van der Waals surface area contributed by atoms with Crippen molar-refractivity contribution in [1.82, 2.24) is 15.0 Å². The molecule has 1 aromatic heterocycles. The number of rotatable bonds is 3. The highest BCUT2D eigenvalue weighted by molar-refractivity contribution is 5.86. The molecule has 17 heavy (non-hydrogen) atoms. The van der Waals surface area contributed by atoms with E-state index in [0.29, 0.717) is 17.8 Å². The summed E-state index contributed by atoms with van der Waals surface area (Å²) in [4.78, 5) is 10.8. The molecule has 0 atom stereocenters. The molecule has 0 unspecified atom stereocenters. The normalized spacial score (nSPS) is 10.5. The zero-order chi connectivity index (χ0) is 12.4. The molecule has 0 saturated heterocycles. The molecule has 0 fully saturated rings. The molecule has 0 saturated carbocycles. The van der Waals surface area contributed by atoms with E-state index in [1.807, 2.05) is 0 Å². The maximum absolute atomic E-state index is 13.0. The molecule has 0 aliphatic heterocycles. The average Bonchev–Trinajstić information content (AvgIpc) is 2.61. The Kier molecular flexibility index (Phi) is 2.86. The molecule has 1 aromatic carbocycles. The number of hydrogen-bond donors (Lipinski definition) is 1. The topological polar surface area (TPSA) is 68.0 Å². The Hall–Kier alpha value is -2.24. The molecule has 0 bridgehead atoms. The van der Waals surface area contributed by atoms with Crippen LogP contribution in [0.5, 0.6) is 0 Å². The van der Waals surface area contributed by atoms with Gasteiger partial charge in [-0.2, -0.15) is 0 Å². The van der Waals surface area contributed by atoms with Gasteiger partial charge in [-0.25, -0.2) is 13.9 Å². The lowest BCUT2D eigenvalue weighted by atomic mass is 10.2. The minimum Gasteiger partial charge on any atom is -0.476 e. The van der Waals surface area contributed by atoms with Gasteiger partial charge in [-0.3, -0.25) is 0 Å². The second-order valence-corrected chi connectivity index (χ2v) is 3.62. The third kappa shape index (κ3) is 2.30. The quantitative estimate of drug-likeness (QED) is 0.874. The molecule has 88 valence electrons. The fourth-order valence-corrected chi connectivity index (χ4v) is 1.52. The van der Waals surface area contributed by atoms with Gasteiger partial charge in [-0.15, -0.1) is 5.10 Å². The highest BCUT2D eigenvalue weighted by Gasteiger charge is 2.14. The first kappa shape index (κ1) is 11.3. The second-order valence-electron chi connectivity index (χ2n) is 3.62. The van der Waals surface area contributed by atoms with Crippen molar-refractivity contribution in [3.8, 4) is 0 Å². The summed E-state index contributed by atoms with van der Waals surface area (Å²) in [7, 11) is 0. The van der Waals surface area contributed by atoms with Crippen molar-refractivity contribution in [2.24, 2.45) is 0 Å². The molecule has 0 aliphatic carbocycles. The number of carboxylic acid groups (broad SMARTS) is 1. The van der Waals surface area contributed by atoms with Crippen molar-refractivity contribution < 1.29 is 14.3 Å². The van der Waals surface area contributed by atoms with Crippen LogP contribution in [0.25, 0.3) is 0 Å². The third-order valence-electron chi connectivity index (χ3n) is 2.41. The summed E-state index contributed by atoms with van der Waals surface area (Å²) in [6.45, 7) is 1.91. The van der Waals surface area contributed by atoms with Crippen molar-refractivity contribution in [2.45, 2.75) is 13.5 Å². The largest absolute Gasteiger partial charge is 0.476 e. The second kappa shape index (κ2) is 4.32. The molecule has 2 aromatic rings. The van der Waals surface area contributed by atoms with E-state index in [1.54, 1.807) is 19.1 Å². The molecule has 5 nitrogen and oxygen atoms in total. The molecule has 0 spiro atoms. The molecule has 1 N–H and O–H groups in total. The molecule has 0 amide bonds. The van der Waals surface area contributed by atoms with Crippen LogP contribution in [0.2, 0.25) is 0 Å². The molecule has 1 heterocycles. The van der Waals surface area contributed by atoms with Gasteiger partial charge in [0.25, 0.3) is 0 Å². The van der Waals surface area contributed by atoms with Crippen molar-refractivity contribution >= 4 is 5.97 Å². The zero-order valence-electron chi connectivity index (χ0n) is 9.09. The van der Waals surface area contributed by atoms with E-state index < -0.39 is 5.97 Å². The Morgan fingerprint density at radius 2 is 2.29 bits per heavy atom. The van der Waals surface area contributed by atoms with E-state index in [-0.39, 0.29) is 11.5 Å². The third-order valence-corrected chi connectivity index (χ3v) is 2.41. The summed E-state index contributed by atoms with van der Waals surface area (Å²) < 4.78 is 14.4. The first-order chi connectivity index (χ1) is 8.08. The number of carboxylic acids is 1. The minimum atomic E-state index is -1.12. The lowest BCUT2D eigenvalue weighted by Crippen LogP contribution is -2.06. The SMILES string of the molecule is Cc1c(C(=O)O)nnn1Cc1cccc(F)c1. The Morgan fingerprint density at radius 1 is 1.53 bits per heavy atom. The van der Waals surface area contributed by atoms with Crippen LogP contribution in [0, 0.1) is 12.7 Å². The van der Waals surface area contributed by atoms with Crippen LogP contribution in [0.1, 0.15) is 21.7 Å². The predicted molar refractivity (Wildman–Crippen MR) is 57.2 cm³/mol. The summed E-state index contributed by atoms with van der Waals surface area (Å²) in [5, 5.41) is 16.1. The molecular formula is C11H10FN3O2. The number of hydrogen-bond acceptors (Lipinski definition) is 3. The molecular weight excluding hydrogens is 225 g/mol. The van der Waals surface area contributed by atoms with Gasteiger partial charge < -0.3 is 5.11 Å². The number of halogens is 1. The van der Waals surface area contributed by atoms with Gasteiger partial charge >= 0.3 is 5.97 Å². The van der Waals surface area contributed by atoms with Crippen molar-refractivity contribution in [3.05, 3.63) is 47.0 Å². The highest BCUT2D eigenvalue weighted by atomic mass is 19.1. The number of benzene rings is 1. The van der Waals surface area contributed by atoms with Crippen LogP contribution < -0.4 is 0 Å². The Morgan fingerprint density at radius 3 is 2.88 bits per heavy atom. The molecule has 6 heteroatoms. The van der Waals surface area contributed by atoms with Crippen molar-refractivity contribution in [1.29, 1.82) is 0 Å². The Bertz CT molecular complexity index is 566.